The molecule has 0 heterocycles. The van der Waals surface area contributed by atoms with Crippen molar-refractivity contribution in [2.75, 3.05) is 11.5 Å². The Bertz CT molecular complexity index is 165. The molecule has 14 heavy (non-hydrogen) atoms. The summed E-state index contributed by atoms with van der Waals surface area (Å²) < 4.78 is 5.38. The quantitative estimate of drug-likeness (QED) is 0.522. The zero-order valence-electron chi connectivity index (χ0n) is 8.96. The molecule has 0 spiro atoms. The van der Waals surface area contributed by atoms with Gasteiger partial charge in [-0.2, -0.15) is 11.8 Å². The van der Waals surface area contributed by atoms with Crippen molar-refractivity contribution in [3.05, 3.63) is 0 Å². The van der Waals surface area contributed by atoms with Gasteiger partial charge in [-0.25, -0.2) is 0 Å². The highest BCUT2D eigenvalue weighted by molar-refractivity contribution is 7.99. The van der Waals surface area contributed by atoms with Crippen molar-refractivity contribution in [2.24, 2.45) is 0 Å². The first-order valence-electron chi connectivity index (χ1n) is 5.60. The molecular weight excluding hydrogens is 196 g/mol. The van der Waals surface area contributed by atoms with E-state index >= 15 is 0 Å². The van der Waals surface area contributed by atoms with E-state index in [9.17, 15) is 4.79 Å². The van der Waals surface area contributed by atoms with Gasteiger partial charge in [0, 0.05) is 0 Å². The second-order valence-electron chi connectivity index (χ2n) is 3.80. The molecule has 3 heteroatoms. The standard InChI is InChI=1S/C11H20O2S/c1-2-8-14-9-11(12)13-10-6-4-3-5-7-10/h10H,2-9H2,1H3. The van der Waals surface area contributed by atoms with Crippen LogP contribution in [-0.2, 0) is 9.53 Å². The van der Waals surface area contributed by atoms with E-state index in [0.29, 0.717) is 5.75 Å². The molecule has 0 atom stereocenters. The topological polar surface area (TPSA) is 26.3 Å². The lowest BCUT2D eigenvalue weighted by Crippen LogP contribution is -2.22. The molecule has 0 aliphatic heterocycles. The van der Waals surface area contributed by atoms with Gasteiger partial charge < -0.3 is 4.74 Å². The molecule has 1 saturated carbocycles. The molecular formula is C11H20O2S. The summed E-state index contributed by atoms with van der Waals surface area (Å²) in [6.45, 7) is 2.12. The maximum absolute atomic E-state index is 11.3. The van der Waals surface area contributed by atoms with Gasteiger partial charge in [-0.05, 0) is 37.9 Å². The summed E-state index contributed by atoms with van der Waals surface area (Å²) >= 11 is 1.68. The lowest BCUT2D eigenvalue weighted by Gasteiger charge is -2.21. The predicted octanol–water partition coefficient (Wildman–Crippen LogP) is 3.01. The van der Waals surface area contributed by atoms with Gasteiger partial charge in [0.2, 0.25) is 0 Å². The fourth-order valence-electron chi connectivity index (χ4n) is 1.70. The van der Waals surface area contributed by atoms with Gasteiger partial charge >= 0.3 is 5.97 Å². The average molecular weight is 216 g/mol. The van der Waals surface area contributed by atoms with Crippen LogP contribution in [0, 0.1) is 0 Å². The van der Waals surface area contributed by atoms with Crippen LogP contribution in [0.4, 0.5) is 0 Å². The number of hydrogen-bond acceptors (Lipinski definition) is 3. The van der Waals surface area contributed by atoms with E-state index in [4.69, 9.17) is 4.74 Å². The lowest BCUT2D eigenvalue weighted by atomic mass is 9.98. The van der Waals surface area contributed by atoms with Crippen LogP contribution in [0.25, 0.3) is 0 Å². The Labute approximate surface area is 90.8 Å². The number of esters is 1. The van der Waals surface area contributed by atoms with Crippen molar-refractivity contribution in [3.8, 4) is 0 Å². The molecule has 1 fully saturated rings. The van der Waals surface area contributed by atoms with Crippen molar-refractivity contribution in [1.29, 1.82) is 0 Å². The van der Waals surface area contributed by atoms with Gasteiger partial charge in [0.1, 0.15) is 6.10 Å². The molecule has 0 aromatic carbocycles. The summed E-state index contributed by atoms with van der Waals surface area (Å²) in [5, 5.41) is 0. The molecule has 1 aliphatic rings. The fourth-order valence-corrected chi connectivity index (χ4v) is 2.37. The maximum atomic E-state index is 11.3. The highest BCUT2D eigenvalue weighted by Gasteiger charge is 2.17. The third kappa shape index (κ3) is 4.89. The van der Waals surface area contributed by atoms with Crippen molar-refractivity contribution in [1.82, 2.24) is 0 Å². The van der Waals surface area contributed by atoms with Gasteiger partial charge in [-0.15, -0.1) is 0 Å². The third-order valence-electron chi connectivity index (χ3n) is 2.42. The molecule has 1 rings (SSSR count). The highest BCUT2D eigenvalue weighted by Crippen LogP contribution is 2.20. The van der Waals surface area contributed by atoms with Crippen LogP contribution in [0.3, 0.4) is 0 Å². The van der Waals surface area contributed by atoms with Crippen molar-refractivity contribution >= 4 is 17.7 Å². The van der Waals surface area contributed by atoms with E-state index in [-0.39, 0.29) is 12.1 Å². The molecule has 82 valence electrons. The van der Waals surface area contributed by atoms with Crippen molar-refractivity contribution in [2.45, 2.75) is 51.6 Å². The molecule has 0 aromatic heterocycles. The van der Waals surface area contributed by atoms with Gasteiger partial charge in [0.15, 0.2) is 0 Å². The SMILES string of the molecule is CCCSCC(=O)OC1CCCCC1. The van der Waals surface area contributed by atoms with E-state index in [1.54, 1.807) is 11.8 Å². The number of thioether (sulfide) groups is 1. The third-order valence-corrected chi connectivity index (χ3v) is 3.56. The fraction of sp³-hybridized carbons (Fsp3) is 0.909. The summed E-state index contributed by atoms with van der Waals surface area (Å²) in [5.74, 6) is 1.57. The summed E-state index contributed by atoms with van der Waals surface area (Å²) in [4.78, 5) is 11.3. The highest BCUT2D eigenvalue weighted by atomic mass is 32.2. The largest absolute Gasteiger partial charge is 0.462 e. The second-order valence-corrected chi connectivity index (χ2v) is 4.91. The minimum absolute atomic E-state index is 0.0182. The van der Waals surface area contributed by atoms with Crippen LogP contribution < -0.4 is 0 Å². The Morgan fingerprint density at radius 1 is 1.36 bits per heavy atom. The zero-order valence-corrected chi connectivity index (χ0v) is 9.78. The smallest absolute Gasteiger partial charge is 0.316 e. The Kier molecular flexibility index (Phi) is 6.08. The van der Waals surface area contributed by atoms with Gasteiger partial charge in [0.25, 0.3) is 0 Å². The van der Waals surface area contributed by atoms with Crippen LogP contribution in [0.15, 0.2) is 0 Å². The van der Waals surface area contributed by atoms with Gasteiger partial charge in [-0.3, -0.25) is 4.79 Å². The lowest BCUT2D eigenvalue weighted by molar-refractivity contribution is -0.147. The number of rotatable bonds is 5. The van der Waals surface area contributed by atoms with E-state index in [0.717, 1.165) is 25.0 Å². The monoisotopic (exact) mass is 216 g/mol. The van der Waals surface area contributed by atoms with E-state index in [2.05, 4.69) is 6.92 Å². The first kappa shape index (κ1) is 11.9. The summed E-state index contributed by atoms with van der Waals surface area (Å²) in [5.41, 5.74) is 0. The molecule has 0 bridgehead atoms. The second kappa shape index (κ2) is 7.16. The molecule has 0 radical (unpaired) electrons. The summed E-state index contributed by atoms with van der Waals surface area (Å²) in [6.07, 6.45) is 7.24. The zero-order chi connectivity index (χ0) is 10.2. The Morgan fingerprint density at radius 2 is 2.07 bits per heavy atom. The minimum Gasteiger partial charge on any atom is -0.462 e. The van der Waals surface area contributed by atoms with Crippen LogP contribution in [-0.4, -0.2) is 23.6 Å². The number of ether oxygens (including phenoxy) is 1. The molecule has 0 unspecified atom stereocenters. The van der Waals surface area contributed by atoms with Crippen LogP contribution in [0.1, 0.15) is 45.4 Å². The van der Waals surface area contributed by atoms with Gasteiger partial charge in [0.05, 0.1) is 5.75 Å². The first-order valence-corrected chi connectivity index (χ1v) is 6.75. The number of carbonyl (C=O) groups is 1. The number of hydrogen-bond donors (Lipinski definition) is 0. The minimum atomic E-state index is -0.0182. The molecule has 0 aromatic rings. The molecule has 0 amide bonds. The molecule has 0 N–H and O–H groups in total. The average Bonchev–Trinajstić information content (AvgIpc) is 2.20. The Hall–Kier alpha value is -0.180. The molecule has 2 nitrogen and oxygen atoms in total. The van der Waals surface area contributed by atoms with E-state index < -0.39 is 0 Å². The predicted molar refractivity (Wildman–Crippen MR) is 60.6 cm³/mol. The summed E-state index contributed by atoms with van der Waals surface area (Å²) in [7, 11) is 0. The number of carbonyl (C=O) groups excluding carboxylic acids is 1. The first-order chi connectivity index (χ1) is 6.83. The molecule has 1 aliphatic carbocycles. The Morgan fingerprint density at radius 3 is 2.71 bits per heavy atom. The Balaban J connectivity index is 2.06. The van der Waals surface area contributed by atoms with Crippen molar-refractivity contribution in [3.63, 3.8) is 0 Å². The van der Waals surface area contributed by atoms with Crippen molar-refractivity contribution < 1.29 is 9.53 Å². The van der Waals surface area contributed by atoms with Crippen LogP contribution in [0.2, 0.25) is 0 Å². The van der Waals surface area contributed by atoms with Crippen LogP contribution >= 0.6 is 11.8 Å². The summed E-state index contributed by atoms with van der Waals surface area (Å²) in [6, 6.07) is 0. The van der Waals surface area contributed by atoms with E-state index in [1.807, 2.05) is 0 Å². The van der Waals surface area contributed by atoms with E-state index in [1.165, 1.54) is 19.3 Å². The van der Waals surface area contributed by atoms with Gasteiger partial charge in [-0.1, -0.05) is 13.3 Å². The molecule has 0 saturated heterocycles. The normalized spacial score (nSPS) is 18.1. The maximum Gasteiger partial charge on any atom is 0.316 e. The van der Waals surface area contributed by atoms with Crippen LogP contribution in [0.5, 0.6) is 0 Å².